The van der Waals surface area contributed by atoms with Crippen LogP contribution in [0.15, 0.2) is 36.4 Å². The van der Waals surface area contributed by atoms with Crippen molar-refractivity contribution in [1.29, 1.82) is 0 Å². The molecule has 3 N–H and O–H groups in total. The average molecular weight is 326 g/mol. The highest BCUT2D eigenvalue weighted by Crippen LogP contribution is 2.50. The van der Waals surface area contributed by atoms with Crippen LogP contribution in [0.4, 0.5) is 0 Å². The number of benzene rings is 2. The van der Waals surface area contributed by atoms with Crippen molar-refractivity contribution in [2.24, 2.45) is 0 Å². The summed E-state index contributed by atoms with van der Waals surface area (Å²) in [5.41, 5.74) is 2.45. The summed E-state index contributed by atoms with van der Waals surface area (Å²) < 4.78 is 0. The van der Waals surface area contributed by atoms with Gasteiger partial charge in [-0.05, 0) is 59.7 Å². The third-order valence-corrected chi connectivity index (χ3v) is 4.80. The molecule has 0 unspecified atom stereocenters. The van der Waals surface area contributed by atoms with Crippen molar-refractivity contribution >= 4 is 11.9 Å². The van der Waals surface area contributed by atoms with E-state index in [1.165, 1.54) is 6.07 Å². The van der Waals surface area contributed by atoms with Gasteiger partial charge in [0.15, 0.2) is 0 Å². The van der Waals surface area contributed by atoms with E-state index in [0.29, 0.717) is 18.4 Å². The fourth-order valence-electron chi connectivity index (χ4n) is 3.20. The number of carboxylic acid groups (broad SMARTS) is 2. The van der Waals surface area contributed by atoms with Crippen LogP contribution in [0, 0.1) is 6.92 Å². The predicted octanol–water partition coefficient (Wildman–Crippen LogP) is 2.97. The van der Waals surface area contributed by atoms with Gasteiger partial charge in [-0.1, -0.05) is 24.3 Å². The van der Waals surface area contributed by atoms with Crippen molar-refractivity contribution in [3.8, 4) is 11.1 Å². The van der Waals surface area contributed by atoms with Crippen molar-refractivity contribution < 1.29 is 24.9 Å². The molecule has 1 aliphatic rings. The number of aliphatic carboxylic acids is 1. The van der Waals surface area contributed by atoms with Crippen LogP contribution in [-0.2, 0) is 16.8 Å². The third kappa shape index (κ3) is 2.47. The minimum atomic E-state index is -1.13. The normalized spacial score (nSPS) is 15.1. The summed E-state index contributed by atoms with van der Waals surface area (Å²) in [6, 6.07) is 10.4. The summed E-state index contributed by atoms with van der Waals surface area (Å²) in [6.45, 7) is 1.75. The lowest BCUT2D eigenvalue weighted by Crippen LogP contribution is -2.22. The topological polar surface area (TPSA) is 94.8 Å². The van der Waals surface area contributed by atoms with Gasteiger partial charge in [-0.3, -0.25) is 4.79 Å². The average Bonchev–Trinajstić information content (AvgIpc) is 3.35. The fraction of sp³-hybridized carbons (Fsp3) is 0.263. The zero-order valence-electron chi connectivity index (χ0n) is 13.2. The molecular weight excluding hydrogens is 308 g/mol. The number of carboxylic acids is 2. The Kier molecular flexibility index (Phi) is 3.89. The maximum absolute atomic E-state index is 11.7. The van der Waals surface area contributed by atoms with Crippen LogP contribution in [0.5, 0.6) is 0 Å². The largest absolute Gasteiger partial charge is 0.481 e. The Morgan fingerprint density at radius 1 is 1.12 bits per heavy atom. The molecule has 0 atom stereocenters. The van der Waals surface area contributed by atoms with Crippen molar-refractivity contribution in [1.82, 2.24) is 0 Å². The van der Waals surface area contributed by atoms with Crippen LogP contribution in [0.2, 0.25) is 0 Å². The first-order chi connectivity index (χ1) is 11.4. The van der Waals surface area contributed by atoms with Gasteiger partial charge < -0.3 is 15.3 Å². The van der Waals surface area contributed by atoms with Crippen LogP contribution in [0.3, 0.4) is 0 Å². The number of aromatic carboxylic acids is 1. The number of rotatable bonds is 5. The standard InChI is InChI=1S/C19H18O5/c1-11-3-2-4-13(15(11)10-20)12-5-6-14(17(21)22)16(9-12)19(7-8-19)18(23)24/h2-6,9,20H,7-8,10H2,1H3,(H,21,22)(H,23,24). The maximum atomic E-state index is 11.7. The van der Waals surface area contributed by atoms with Crippen LogP contribution in [-0.4, -0.2) is 27.3 Å². The number of hydrogen-bond donors (Lipinski definition) is 3. The molecule has 5 heteroatoms. The molecule has 24 heavy (non-hydrogen) atoms. The zero-order valence-corrected chi connectivity index (χ0v) is 13.2. The lowest BCUT2D eigenvalue weighted by Gasteiger charge is -2.17. The molecule has 0 spiro atoms. The summed E-state index contributed by atoms with van der Waals surface area (Å²) in [5, 5.41) is 28.6. The fourth-order valence-corrected chi connectivity index (χ4v) is 3.20. The van der Waals surface area contributed by atoms with Gasteiger partial charge >= 0.3 is 11.9 Å². The summed E-state index contributed by atoms with van der Waals surface area (Å²) in [4.78, 5) is 23.2. The Morgan fingerprint density at radius 3 is 2.38 bits per heavy atom. The highest BCUT2D eigenvalue weighted by Gasteiger charge is 2.53. The van der Waals surface area contributed by atoms with E-state index in [-0.39, 0.29) is 12.2 Å². The molecule has 5 nitrogen and oxygen atoms in total. The minimum Gasteiger partial charge on any atom is -0.481 e. The molecule has 0 saturated heterocycles. The molecule has 1 fully saturated rings. The molecule has 2 aromatic carbocycles. The van der Waals surface area contributed by atoms with Crippen LogP contribution < -0.4 is 0 Å². The molecule has 1 saturated carbocycles. The molecule has 0 aromatic heterocycles. The molecule has 3 rings (SSSR count). The number of aliphatic hydroxyl groups is 1. The van der Waals surface area contributed by atoms with Crippen LogP contribution >= 0.6 is 0 Å². The molecule has 0 amide bonds. The second-order valence-corrected chi connectivity index (χ2v) is 6.21. The van der Waals surface area contributed by atoms with E-state index in [1.54, 1.807) is 12.1 Å². The molecule has 2 aromatic rings. The van der Waals surface area contributed by atoms with Gasteiger partial charge in [-0.25, -0.2) is 4.79 Å². The van der Waals surface area contributed by atoms with Gasteiger partial charge in [-0.15, -0.1) is 0 Å². The quantitative estimate of drug-likeness (QED) is 0.785. The van der Waals surface area contributed by atoms with E-state index in [9.17, 15) is 24.9 Å². The van der Waals surface area contributed by atoms with Gasteiger partial charge in [-0.2, -0.15) is 0 Å². The number of aliphatic hydroxyl groups excluding tert-OH is 1. The Balaban J connectivity index is 2.21. The minimum absolute atomic E-state index is 0.0249. The van der Waals surface area contributed by atoms with Gasteiger partial charge in [0, 0.05) is 0 Å². The highest BCUT2D eigenvalue weighted by atomic mass is 16.4. The Labute approximate surface area is 139 Å². The molecule has 124 valence electrons. The van der Waals surface area contributed by atoms with E-state index in [4.69, 9.17) is 0 Å². The second-order valence-electron chi connectivity index (χ2n) is 6.21. The van der Waals surface area contributed by atoms with Crippen molar-refractivity contribution in [3.63, 3.8) is 0 Å². The van der Waals surface area contributed by atoms with E-state index in [1.807, 2.05) is 25.1 Å². The highest BCUT2D eigenvalue weighted by molar-refractivity contribution is 5.96. The predicted molar refractivity (Wildman–Crippen MR) is 88.0 cm³/mol. The summed E-state index contributed by atoms with van der Waals surface area (Å²) in [5.74, 6) is -2.12. The second kappa shape index (κ2) is 5.76. The third-order valence-electron chi connectivity index (χ3n) is 4.80. The number of hydrogen-bond acceptors (Lipinski definition) is 3. The molecule has 0 radical (unpaired) electrons. The van der Waals surface area contributed by atoms with Crippen molar-refractivity contribution in [2.45, 2.75) is 31.8 Å². The Morgan fingerprint density at radius 2 is 1.83 bits per heavy atom. The van der Waals surface area contributed by atoms with Gasteiger partial charge in [0.2, 0.25) is 0 Å². The van der Waals surface area contributed by atoms with Gasteiger partial charge in [0.1, 0.15) is 0 Å². The van der Waals surface area contributed by atoms with E-state index >= 15 is 0 Å². The van der Waals surface area contributed by atoms with Crippen molar-refractivity contribution in [2.75, 3.05) is 0 Å². The SMILES string of the molecule is Cc1cccc(-c2ccc(C(=O)O)c(C3(C(=O)O)CC3)c2)c1CO. The number of carbonyl (C=O) groups is 2. The summed E-state index contributed by atoms with van der Waals surface area (Å²) in [7, 11) is 0. The number of aryl methyl sites for hydroxylation is 1. The lowest BCUT2D eigenvalue weighted by atomic mass is 9.87. The van der Waals surface area contributed by atoms with E-state index in [0.717, 1.165) is 22.3 Å². The Bertz CT molecular complexity index is 834. The zero-order chi connectivity index (χ0) is 17.5. The van der Waals surface area contributed by atoms with Crippen molar-refractivity contribution in [3.05, 3.63) is 58.7 Å². The first-order valence-corrected chi connectivity index (χ1v) is 7.71. The monoisotopic (exact) mass is 326 g/mol. The molecular formula is C19H18O5. The summed E-state index contributed by atoms with van der Waals surface area (Å²) in [6.07, 6.45) is 0.874. The molecule has 0 aliphatic heterocycles. The Hall–Kier alpha value is -2.66. The molecule has 0 bridgehead atoms. The van der Waals surface area contributed by atoms with E-state index < -0.39 is 17.4 Å². The van der Waals surface area contributed by atoms with Gasteiger partial charge in [0.05, 0.1) is 17.6 Å². The molecule has 0 heterocycles. The van der Waals surface area contributed by atoms with Crippen LogP contribution in [0.1, 0.15) is 39.9 Å². The lowest BCUT2D eigenvalue weighted by molar-refractivity contribution is -0.140. The summed E-state index contributed by atoms with van der Waals surface area (Å²) >= 11 is 0. The van der Waals surface area contributed by atoms with E-state index in [2.05, 4.69) is 0 Å². The first kappa shape index (κ1) is 16.2. The molecule has 1 aliphatic carbocycles. The van der Waals surface area contributed by atoms with Gasteiger partial charge in [0.25, 0.3) is 0 Å². The van der Waals surface area contributed by atoms with Crippen LogP contribution in [0.25, 0.3) is 11.1 Å². The smallest absolute Gasteiger partial charge is 0.336 e. The first-order valence-electron chi connectivity index (χ1n) is 7.71. The maximum Gasteiger partial charge on any atom is 0.336 e.